The number of aromatic nitrogens is 1. The minimum Gasteiger partial charge on any atom is -0.341 e. The van der Waals surface area contributed by atoms with E-state index >= 15 is 0 Å². The molecule has 0 radical (unpaired) electrons. The van der Waals surface area contributed by atoms with E-state index in [-0.39, 0.29) is 11.7 Å². The highest BCUT2D eigenvalue weighted by atomic mass is 32.2. The van der Waals surface area contributed by atoms with Gasteiger partial charge in [-0.25, -0.2) is 4.39 Å². The van der Waals surface area contributed by atoms with Gasteiger partial charge in [-0.2, -0.15) is 0 Å². The first-order chi connectivity index (χ1) is 13.6. The zero-order valence-corrected chi connectivity index (χ0v) is 16.9. The van der Waals surface area contributed by atoms with Gasteiger partial charge in [0.05, 0.1) is 0 Å². The number of para-hydroxylation sites is 1. The maximum atomic E-state index is 13.4. The Morgan fingerprint density at radius 1 is 1.14 bits per heavy atom. The molecule has 1 amide bonds. The number of fused-ring (bicyclic) bond motifs is 1. The molecular formula is C23H25FN2OS. The molecule has 2 aromatic carbocycles. The van der Waals surface area contributed by atoms with Crippen LogP contribution in [0.5, 0.6) is 0 Å². The Hall–Kier alpha value is -2.27. The van der Waals surface area contributed by atoms with Gasteiger partial charge in [0.1, 0.15) is 12.4 Å². The summed E-state index contributed by atoms with van der Waals surface area (Å²) in [5.41, 5.74) is 2.03. The molecule has 2 heterocycles. The number of amides is 1. The summed E-state index contributed by atoms with van der Waals surface area (Å²) in [5, 5.41) is 1.14. The maximum absolute atomic E-state index is 13.4. The second-order valence-electron chi connectivity index (χ2n) is 7.62. The number of benzene rings is 2. The van der Waals surface area contributed by atoms with Crippen molar-refractivity contribution in [3.05, 3.63) is 66.1 Å². The van der Waals surface area contributed by atoms with Crippen molar-refractivity contribution in [1.29, 1.82) is 0 Å². The average molecular weight is 397 g/mol. The predicted molar refractivity (Wildman–Crippen MR) is 113 cm³/mol. The fraction of sp³-hybridized carbons (Fsp3) is 0.348. The minimum atomic E-state index is -0.207. The average Bonchev–Trinajstić information content (AvgIpc) is 3.05. The first-order valence-electron chi connectivity index (χ1n) is 9.83. The van der Waals surface area contributed by atoms with Gasteiger partial charge in [0.2, 0.25) is 5.91 Å². The number of likely N-dealkylation sites (tertiary alicyclic amines) is 1. The Morgan fingerprint density at radius 2 is 1.93 bits per heavy atom. The molecule has 0 aliphatic carbocycles. The van der Waals surface area contributed by atoms with Crippen molar-refractivity contribution in [1.82, 2.24) is 9.47 Å². The van der Waals surface area contributed by atoms with Crippen LogP contribution in [0, 0.1) is 11.7 Å². The summed E-state index contributed by atoms with van der Waals surface area (Å²) in [7, 11) is 0. The van der Waals surface area contributed by atoms with Gasteiger partial charge in [0.15, 0.2) is 0 Å². The second kappa shape index (κ2) is 8.39. The van der Waals surface area contributed by atoms with E-state index in [0.29, 0.717) is 18.2 Å². The smallest absolute Gasteiger partial charge is 0.242 e. The summed E-state index contributed by atoms with van der Waals surface area (Å²) >= 11 is 1.68. The highest BCUT2D eigenvalue weighted by molar-refractivity contribution is 7.98. The van der Waals surface area contributed by atoms with Crippen LogP contribution >= 0.6 is 11.8 Å². The van der Waals surface area contributed by atoms with Crippen LogP contribution in [0.2, 0.25) is 0 Å². The van der Waals surface area contributed by atoms with Gasteiger partial charge in [0.25, 0.3) is 0 Å². The lowest BCUT2D eigenvalue weighted by Crippen LogP contribution is -2.39. The van der Waals surface area contributed by atoms with Crippen LogP contribution in [-0.2, 0) is 17.1 Å². The molecule has 0 spiro atoms. The van der Waals surface area contributed by atoms with E-state index in [4.69, 9.17) is 0 Å². The standard InChI is InChI=1S/C23H25FN2OS/c1-17-9-11-25(12-10-17)23(27)15-26-14-22(20-7-2-3-8-21(20)26)28-16-18-5-4-6-19(24)13-18/h2-8,13-14,17H,9-12,15-16H2,1H3. The summed E-state index contributed by atoms with van der Waals surface area (Å²) in [6.45, 7) is 4.35. The van der Waals surface area contributed by atoms with E-state index in [1.807, 2.05) is 23.1 Å². The van der Waals surface area contributed by atoms with Crippen molar-refractivity contribution in [2.45, 2.75) is 37.0 Å². The number of halogens is 1. The topological polar surface area (TPSA) is 25.2 Å². The van der Waals surface area contributed by atoms with E-state index in [1.165, 1.54) is 6.07 Å². The van der Waals surface area contributed by atoms with Gasteiger partial charge >= 0.3 is 0 Å². The quantitative estimate of drug-likeness (QED) is 0.545. The zero-order valence-electron chi connectivity index (χ0n) is 16.1. The molecule has 146 valence electrons. The SMILES string of the molecule is CC1CCN(C(=O)Cn2cc(SCc3cccc(F)c3)c3ccccc32)CC1. The monoisotopic (exact) mass is 396 g/mol. The van der Waals surface area contributed by atoms with Crippen LogP contribution in [0.25, 0.3) is 10.9 Å². The fourth-order valence-electron chi connectivity index (χ4n) is 3.75. The number of hydrogen-bond donors (Lipinski definition) is 0. The lowest BCUT2D eigenvalue weighted by Gasteiger charge is -2.30. The molecule has 1 fully saturated rings. The number of hydrogen-bond acceptors (Lipinski definition) is 2. The van der Waals surface area contributed by atoms with Crippen LogP contribution in [-0.4, -0.2) is 28.5 Å². The van der Waals surface area contributed by atoms with Gasteiger partial charge in [0, 0.05) is 40.8 Å². The molecule has 0 N–H and O–H groups in total. The van der Waals surface area contributed by atoms with Gasteiger partial charge in [-0.05, 0) is 42.5 Å². The number of carbonyl (C=O) groups excluding carboxylic acids is 1. The van der Waals surface area contributed by atoms with Crippen molar-refractivity contribution in [2.75, 3.05) is 13.1 Å². The Labute approximate surface area is 169 Å². The molecule has 28 heavy (non-hydrogen) atoms. The maximum Gasteiger partial charge on any atom is 0.242 e. The normalized spacial score (nSPS) is 15.3. The van der Waals surface area contributed by atoms with Crippen LogP contribution in [0.15, 0.2) is 59.6 Å². The van der Waals surface area contributed by atoms with Crippen LogP contribution in [0.1, 0.15) is 25.3 Å². The first kappa shape index (κ1) is 19.1. The molecule has 1 aliphatic rings. The van der Waals surface area contributed by atoms with Crippen molar-refractivity contribution in [3.63, 3.8) is 0 Å². The molecule has 0 bridgehead atoms. The van der Waals surface area contributed by atoms with Gasteiger partial charge in [-0.15, -0.1) is 11.8 Å². The number of nitrogens with zero attached hydrogens (tertiary/aromatic N) is 2. The third-order valence-electron chi connectivity index (χ3n) is 5.48. The third kappa shape index (κ3) is 4.25. The fourth-order valence-corrected chi connectivity index (χ4v) is 4.78. The predicted octanol–water partition coefficient (Wildman–Crippen LogP) is 5.33. The molecule has 3 nitrogen and oxygen atoms in total. The highest BCUT2D eigenvalue weighted by Gasteiger charge is 2.21. The lowest BCUT2D eigenvalue weighted by atomic mass is 9.99. The number of carbonyl (C=O) groups is 1. The number of piperidine rings is 1. The van der Waals surface area contributed by atoms with Gasteiger partial charge in [-0.3, -0.25) is 4.79 Å². The number of thioether (sulfide) groups is 1. The van der Waals surface area contributed by atoms with E-state index in [1.54, 1.807) is 23.9 Å². The summed E-state index contributed by atoms with van der Waals surface area (Å²) in [6, 6.07) is 14.9. The van der Waals surface area contributed by atoms with Crippen molar-refractivity contribution < 1.29 is 9.18 Å². The summed E-state index contributed by atoms with van der Waals surface area (Å²) in [6.07, 6.45) is 4.25. The van der Waals surface area contributed by atoms with Gasteiger partial charge < -0.3 is 9.47 Å². The molecular weight excluding hydrogens is 371 g/mol. The molecule has 1 saturated heterocycles. The third-order valence-corrected chi connectivity index (χ3v) is 6.59. The van der Waals surface area contributed by atoms with Crippen LogP contribution in [0.4, 0.5) is 4.39 Å². The molecule has 0 atom stereocenters. The molecule has 0 unspecified atom stereocenters. The Bertz CT molecular complexity index is 976. The van der Waals surface area contributed by atoms with Crippen molar-refractivity contribution in [3.8, 4) is 0 Å². The molecule has 1 aromatic heterocycles. The Morgan fingerprint density at radius 3 is 2.71 bits per heavy atom. The van der Waals surface area contributed by atoms with Crippen LogP contribution in [0.3, 0.4) is 0 Å². The van der Waals surface area contributed by atoms with Gasteiger partial charge in [-0.1, -0.05) is 37.3 Å². The van der Waals surface area contributed by atoms with E-state index < -0.39 is 0 Å². The lowest BCUT2D eigenvalue weighted by molar-refractivity contribution is -0.133. The first-order valence-corrected chi connectivity index (χ1v) is 10.8. The van der Waals surface area contributed by atoms with Crippen molar-refractivity contribution >= 4 is 28.6 Å². The Kier molecular flexibility index (Phi) is 5.72. The second-order valence-corrected chi connectivity index (χ2v) is 8.64. The number of rotatable bonds is 5. The summed E-state index contributed by atoms with van der Waals surface area (Å²) in [5.74, 6) is 1.39. The Balaban J connectivity index is 1.52. The highest BCUT2D eigenvalue weighted by Crippen LogP contribution is 2.32. The summed E-state index contributed by atoms with van der Waals surface area (Å²) in [4.78, 5) is 15.9. The molecule has 4 rings (SSSR count). The van der Waals surface area contributed by atoms with E-state index in [9.17, 15) is 9.18 Å². The zero-order chi connectivity index (χ0) is 19.5. The van der Waals surface area contributed by atoms with E-state index in [2.05, 4.69) is 29.8 Å². The molecule has 5 heteroatoms. The largest absolute Gasteiger partial charge is 0.341 e. The molecule has 3 aromatic rings. The molecule has 1 aliphatic heterocycles. The van der Waals surface area contributed by atoms with Crippen molar-refractivity contribution in [2.24, 2.45) is 5.92 Å². The van der Waals surface area contributed by atoms with E-state index in [0.717, 1.165) is 47.3 Å². The summed E-state index contributed by atoms with van der Waals surface area (Å²) < 4.78 is 15.5. The van der Waals surface area contributed by atoms with Crippen LogP contribution < -0.4 is 0 Å². The molecule has 0 saturated carbocycles. The minimum absolute atomic E-state index is 0.189.